The Labute approximate surface area is 105 Å². The van der Waals surface area contributed by atoms with Crippen molar-refractivity contribution in [2.45, 2.75) is 13.5 Å². The van der Waals surface area contributed by atoms with Crippen LogP contribution in [0.2, 0.25) is 0 Å². The topological polar surface area (TPSA) is 52.4 Å². The zero-order valence-electron chi connectivity index (χ0n) is 9.51. The number of ether oxygens (including phenoxy) is 1. The van der Waals surface area contributed by atoms with Crippen molar-refractivity contribution in [3.05, 3.63) is 51.6 Å². The van der Waals surface area contributed by atoms with Crippen molar-refractivity contribution in [2.24, 2.45) is 0 Å². The molecule has 4 nitrogen and oxygen atoms in total. The molecular weight excluding hydrogens is 238 g/mol. The maximum atomic E-state index is 10.7. The van der Waals surface area contributed by atoms with E-state index in [1.807, 2.05) is 6.92 Å². The number of nitro groups is 1. The fraction of sp³-hybridized carbons (Fsp3) is 0.250. The van der Waals surface area contributed by atoms with Gasteiger partial charge in [0.2, 0.25) is 0 Å². The lowest BCUT2D eigenvalue weighted by Crippen LogP contribution is -1.98. The van der Waals surface area contributed by atoms with Crippen LogP contribution < -0.4 is 0 Å². The van der Waals surface area contributed by atoms with Crippen molar-refractivity contribution in [1.82, 2.24) is 0 Å². The van der Waals surface area contributed by atoms with Crippen LogP contribution in [0.25, 0.3) is 0 Å². The smallest absolute Gasteiger partial charge is 0.270 e. The van der Waals surface area contributed by atoms with Gasteiger partial charge in [-0.25, -0.2) is 0 Å². The van der Waals surface area contributed by atoms with Gasteiger partial charge in [0.1, 0.15) is 0 Å². The molecule has 0 atom stereocenters. The summed E-state index contributed by atoms with van der Waals surface area (Å²) in [6.45, 7) is 6.32. The standard InChI is InChI=1S/C12H13NO3S/c1-9(2)6-16-7-10-3-11(8-17)5-12(4-10)13(14)15/h3-5,8H,1,6-7H2,2H3. The van der Waals surface area contributed by atoms with Crippen LogP contribution in [0.1, 0.15) is 18.1 Å². The summed E-state index contributed by atoms with van der Waals surface area (Å²) in [5, 5.41) is 12.1. The van der Waals surface area contributed by atoms with Crippen molar-refractivity contribution in [3.63, 3.8) is 0 Å². The Morgan fingerprint density at radius 3 is 2.82 bits per heavy atom. The minimum atomic E-state index is -0.440. The van der Waals surface area contributed by atoms with E-state index in [2.05, 4.69) is 6.58 Å². The number of non-ortho nitro benzene ring substituents is 1. The van der Waals surface area contributed by atoms with Gasteiger partial charge < -0.3 is 4.74 Å². The monoisotopic (exact) mass is 251 g/mol. The third-order valence-corrected chi connectivity index (χ3v) is 2.24. The van der Waals surface area contributed by atoms with Gasteiger partial charge in [0.25, 0.3) is 5.69 Å². The van der Waals surface area contributed by atoms with E-state index in [0.29, 0.717) is 18.8 Å². The van der Waals surface area contributed by atoms with E-state index in [1.165, 1.54) is 17.5 Å². The van der Waals surface area contributed by atoms with Crippen LogP contribution in [0.3, 0.4) is 0 Å². The number of nitro benzene ring substituents is 1. The van der Waals surface area contributed by atoms with Crippen molar-refractivity contribution < 1.29 is 9.66 Å². The summed E-state index contributed by atoms with van der Waals surface area (Å²) in [5.41, 5.74) is 2.31. The molecule has 0 fully saturated rings. The molecule has 0 aliphatic rings. The number of hydrogen-bond donors (Lipinski definition) is 0. The molecule has 0 unspecified atom stereocenters. The Morgan fingerprint density at radius 2 is 2.29 bits per heavy atom. The van der Waals surface area contributed by atoms with Crippen LogP contribution in [0.15, 0.2) is 30.4 Å². The number of hydrogen-bond acceptors (Lipinski definition) is 4. The van der Waals surface area contributed by atoms with Gasteiger partial charge in [-0.3, -0.25) is 10.1 Å². The van der Waals surface area contributed by atoms with E-state index in [9.17, 15) is 10.1 Å². The first-order valence-electron chi connectivity index (χ1n) is 4.98. The lowest BCUT2D eigenvalue weighted by molar-refractivity contribution is -0.385. The second kappa shape index (κ2) is 6.22. The first-order chi connectivity index (χ1) is 8.02. The first kappa shape index (κ1) is 13.5. The molecule has 0 radical (unpaired) electrons. The van der Waals surface area contributed by atoms with Crippen LogP contribution in [0, 0.1) is 10.1 Å². The normalized spacial score (nSPS) is 9.94. The molecule has 90 valence electrons. The molecule has 1 aromatic rings. The minimum absolute atomic E-state index is 0.0255. The molecule has 0 N–H and O–H groups in total. The molecule has 0 saturated heterocycles. The maximum absolute atomic E-state index is 10.7. The van der Waals surface area contributed by atoms with Crippen LogP contribution in [-0.2, 0) is 11.3 Å². The molecular formula is C12H13NO3S. The van der Waals surface area contributed by atoms with Crippen molar-refractivity contribution >= 4 is 23.3 Å². The summed E-state index contributed by atoms with van der Waals surface area (Å²) >= 11 is 4.78. The first-order valence-corrected chi connectivity index (χ1v) is 5.45. The Hall–Kier alpha value is -1.59. The Morgan fingerprint density at radius 1 is 1.59 bits per heavy atom. The van der Waals surface area contributed by atoms with Crippen molar-refractivity contribution in [3.8, 4) is 0 Å². The molecule has 0 aromatic heterocycles. The highest BCUT2D eigenvalue weighted by Crippen LogP contribution is 2.17. The van der Waals surface area contributed by atoms with Crippen molar-refractivity contribution in [2.75, 3.05) is 6.61 Å². The molecule has 1 aromatic carbocycles. The van der Waals surface area contributed by atoms with E-state index in [4.69, 9.17) is 17.0 Å². The average Bonchev–Trinajstić information content (AvgIpc) is 2.28. The van der Waals surface area contributed by atoms with E-state index in [0.717, 1.165) is 11.1 Å². The molecule has 0 bridgehead atoms. The Bertz CT molecular complexity index is 457. The molecule has 1 rings (SSSR count). The number of benzene rings is 1. The molecule has 5 heteroatoms. The largest absolute Gasteiger partial charge is 0.372 e. The highest BCUT2D eigenvalue weighted by Gasteiger charge is 2.08. The highest BCUT2D eigenvalue weighted by atomic mass is 32.1. The highest BCUT2D eigenvalue weighted by molar-refractivity contribution is 7.79. The predicted molar refractivity (Wildman–Crippen MR) is 70.3 cm³/mol. The number of nitrogens with zero attached hydrogens (tertiary/aromatic N) is 1. The van der Waals surface area contributed by atoms with Crippen LogP contribution >= 0.6 is 12.2 Å². The zero-order chi connectivity index (χ0) is 12.8. The number of thiocarbonyl (C=S) groups is 1. The molecule has 0 aliphatic heterocycles. The van der Waals surface area contributed by atoms with Crippen LogP contribution in [0.4, 0.5) is 5.69 Å². The molecule has 17 heavy (non-hydrogen) atoms. The van der Waals surface area contributed by atoms with E-state index in [-0.39, 0.29) is 5.69 Å². The zero-order valence-corrected chi connectivity index (χ0v) is 10.3. The lowest BCUT2D eigenvalue weighted by atomic mass is 10.1. The number of rotatable bonds is 6. The second-order valence-corrected chi connectivity index (χ2v) is 3.99. The third-order valence-electron chi connectivity index (χ3n) is 1.96. The SMILES string of the molecule is C=C(C)COCc1cc(C=S)cc([N+](=O)[O-])c1. The predicted octanol–water partition coefficient (Wildman–Crippen LogP) is 3.04. The maximum Gasteiger partial charge on any atom is 0.270 e. The fourth-order valence-corrected chi connectivity index (χ4v) is 1.44. The van der Waals surface area contributed by atoms with Gasteiger partial charge in [0.15, 0.2) is 0 Å². The fourth-order valence-electron chi connectivity index (χ4n) is 1.30. The van der Waals surface area contributed by atoms with Crippen LogP contribution in [0.5, 0.6) is 0 Å². The Balaban J connectivity index is 2.83. The molecule has 0 spiro atoms. The van der Waals surface area contributed by atoms with Gasteiger partial charge in [-0.15, -0.1) is 0 Å². The molecule has 0 aliphatic carbocycles. The van der Waals surface area contributed by atoms with Gasteiger partial charge in [-0.2, -0.15) is 0 Å². The van der Waals surface area contributed by atoms with Gasteiger partial charge >= 0.3 is 0 Å². The molecule has 0 heterocycles. The quantitative estimate of drug-likeness (QED) is 0.337. The van der Waals surface area contributed by atoms with Gasteiger partial charge in [0.05, 0.1) is 18.1 Å². The van der Waals surface area contributed by atoms with E-state index >= 15 is 0 Å². The van der Waals surface area contributed by atoms with Gasteiger partial charge in [0, 0.05) is 17.5 Å². The summed E-state index contributed by atoms with van der Waals surface area (Å²) in [6.07, 6.45) is 0. The van der Waals surface area contributed by atoms with Crippen LogP contribution in [-0.4, -0.2) is 16.9 Å². The van der Waals surface area contributed by atoms with E-state index < -0.39 is 4.92 Å². The summed E-state index contributed by atoms with van der Waals surface area (Å²) in [5.74, 6) is 0. The average molecular weight is 251 g/mol. The summed E-state index contributed by atoms with van der Waals surface area (Å²) in [6, 6.07) is 4.70. The van der Waals surface area contributed by atoms with Crippen molar-refractivity contribution in [1.29, 1.82) is 0 Å². The second-order valence-electron chi connectivity index (χ2n) is 3.76. The van der Waals surface area contributed by atoms with E-state index in [1.54, 1.807) is 6.07 Å². The third kappa shape index (κ3) is 4.42. The minimum Gasteiger partial charge on any atom is -0.372 e. The summed E-state index contributed by atoms with van der Waals surface area (Å²) in [4.78, 5) is 10.3. The molecule has 0 saturated carbocycles. The summed E-state index contributed by atoms with van der Waals surface area (Å²) < 4.78 is 5.35. The van der Waals surface area contributed by atoms with Gasteiger partial charge in [-0.05, 0) is 24.1 Å². The van der Waals surface area contributed by atoms with Gasteiger partial charge in [-0.1, -0.05) is 24.4 Å². The Kier molecular flexibility index (Phi) is 4.93. The lowest BCUT2D eigenvalue weighted by Gasteiger charge is -2.05. The summed E-state index contributed by atoms with van der Waals surface area (Å²) in [7, 11) is 0. The molecule has 0 amide bonds.